The molecule has 1 atom stereocenters. The lowest BCUT2D eigenvalue weighted by Gasteiger charge is -2.27. The molecule has 1 aromatic heterocycles. The quantitative estimate of drug-likeness (QED) is 0.597. The maximum atomic E-state index is 12.5. The Hall–Kier alpha value is -2.77. The van der Waals surface area contributed by atoms with E-state index in [1.807, 2.05) is 6.92 Å². The summed E-state index contributed by atoms with van der Waals surface area (Å²) < 4.78 is 0. The van der Waals surface area contributed by atoms with Gasteiger partial charge in [-0.3, -0.25) is 35.0 Å². The third-order valence-corrected chi connectivity index (χ3v) is 4.73. The normalized spacial score (nSPS) is 16.9. The molecule has 2 N–H and O–H groups in total. The van der Waals surface area contributed by atoms with E-state index in [2.05, 4.69) is 15.8 Å². The minimum Gasteiger partial charge on any atom is -0.324 e. The second-order valence-electron chi connectivity index (χ2n) is 6.91. The second kappa shape index (κ2) is 8.07. The summed E-state index contributed by atoms with van der Waals surface area (Å²) in [6.07, 6.45) is 4.51. The molecule has 0 aliphatic carbocycles. The van der Waals surface area contributed by atoms with Crippen LogP contribution in [-0.2, 0) is 14.4 Å². The minimum absolute atomic E-state index is 0.298. The average molecular weight is 360 g/mol. The van der Waals surface area contributed by atoms with Gasteiger partial charge in [-0.15, -0.1) is 0 Å². The van der Waals surface area contributed by atoms with E-state index in [4.69, 9.17) is 0 Å². The highest BCUT2D eigenvalue weighted by Crippen LogP contribution is 2.25. The summed E-state index contributed by atoms with van der Waals surface area (Å²) in [7, 11) is 0. The monoisotopic (exact) mass is 360 g/mol. The Balaban J connectivity index is 1.98. The molecule has 0 unspecified atom stereocenters. The van der Waals surface area contributed by atoms with Crippen molar-refractivity contribution in [2.24, 2.45) is 5.41 Å². The fourth-order valence-corrected chi connectivity index (χ4v) is 2.63. The average Bonchev–Trinajstić information content (AvgIpc) is 3.15. The number of hydrogen-bond acceptors (Lipinski definition) is 5. The van der Waals surface area contributed by atoms with E-state index >= 15 is 0 Å². The van der Waals surface area contributed by atoms with E-state index in [1.165, 1.54) is 17.3 Å². The number of nitrogens with zero attached hydrogens (tertiary/aromatic N) is 2. The van der Waals surface area contributed by atoms with Crippen LogP contribution in [0.2, 0.25) is 0 Å². The molecule has 1 aliphatic heterocycles. The first-order valence-corrected chi connectivity index (χ1v) is 8.63. The molecule has 1 aliphatic rings. The predicted octanol–water partition coefficient (Wildman–Crippen LogP) is 0.839. The Morgan fingerprint density at radius 2 is 2.00 bits per heavy atom. The lowest BCUT2D eigenvalue weighted by atomic mass is 9.84. The number of carbonyl (C=O) groups excluding carboxylic acids is 4. The van der Waals surface area contributed by atoms with Crippen molar-refractivity contribution in [1.29, 1.82) is 0 Å². The van der Waals surface area contributed by atoms with Gasteiger partial charge in [-0.2, -0.15) is 0 Å². The number of aromatic nitrogens is 1. The SMILES string of the molecule is CCC(C)(C)C(=O)C(=O)N1CCC[C@H]1C(=O)NNC(=O)c1cccnc1. The minimum atomic E-state index is -0.770. The van der Waals surface area contributed by atoms with Gasteiger partial charge in [-0.05, 0) is 31.4 Å². The molecule has 3 amide bonds. The molecule has 0 radical (unpaired) electrons. The fourth-order valence-electron chi connectivity index (χ4n) is 2.63. The van der Waals surface area contributed by atoms with Gasteiger partial charge < -0.3 is 4.90 Å². The Morgan fingerprint density at radius 3 is 2.62 bits per heavy atom. The van der Waals surface area contributed by atoms with Gasteiger partial charge >= 0.3 is 0 Å². The van der Waals surface area contributed by atoms with Crippen molar-refractivity contribution in [3.8, 4) is 0 Å². The maximum Gasteiger partial charge on any atom is 0.291 e. The summed E-state index contributed by atoms with van der Waals surface area (Å²) in [5, 5.41) is 0. The largest absolute Gasteiger partial charge is 0.324 e. The molecule has 1 fully saturated rings. The number of pyridine rings is 1. The van der Waals surface area contributed by atoms with Crippen molar-refractivity contribution >= 4 is 23.5 Å². The Labute approximate surface area is 152 Å². The lowest BCUT2D eigenvalue weighted by molar-refractivity contribution is -0.151. The highest BCUT2D eigenvalue weighted by atomic mass is 16.2. The fraction of sp³-hybridized carbons (Fsp3) is 0.500. The van der Waals surface area contributed by atoms with E-state index in [0.717, 1.165) is 0 Å². The van der Waals surface area contributed by atoms with Gasteiger partial charge in [0.2, 0.25) is 5.78 Å². The summed E-state index contributed by atoms with van der Waals surface area (Å²) in [6, 6.07) is 2.40. The van der Waals surface area contributed by atoms with Crippen molar-refractivity contribution < 1.29 is 19.2 Å². The van der Waals surface area contributed by atoms with Crippen LogP contribution in [0.15, 0.2) is 24.5 Å². The van der Waals surface area contributed by atoms with Gasteiger partial charge in [0, 0.05) is 24.4 Å². The molecule has 8 nitrogen and oxygen atoms in total. The van der Waals surface area contributed by atoms with E-state index in [9.17, 15) is 19.2 Å². The van der Waals surface area contributed by atoms with Gasteiger partial charge in [0.05, 0.1) is 5.56 Å². The van der Waals surface area contributed by atoms with Crippen LogP contribution in [0.4, 0.5) is 0 Å². The number of likely N-dealkylation sites (tertiary alicyclic amines) is 1. The standard InChI is InChI=1S/C18H24N4O4/c1-4-18(2,3)14(23)17(26)22-10-6-8-13(22)16(25)21-20-15(24)12-7-5-9-19-11-12/h5,7,9,11,13H,4,6,8,10H2,1-3H3,(H,20,24)(H,21,25)/t13-/m0/s1. The van der Waals surface area contributed by atoms with Crippen molar-refractivity contribution in [2.75, 3.05) is 6.54 Å². The third-order valence-electron chi connectivity index (χ3n) is 4.73. The number of ketones is 1. The van der Waals surface area contributed by atoms with E-state index in [1.54, 1.807) is 26.0 Å². The Bertz CT molecular complexity index is 702. The van der Waals surface area contributed by atoms with Crippen LogP contribution in [0.5, 0.6) is 0 Å². The number of carbonyl (C=O) groups is 4. The number of rotatable bonds is 5. The van der Waals surface area contributed by atoms with Crippen molar-refractivity contribution in [2.45, 2.75) is 46.1 Å². The van der Waals surface area contributed by atoms with Gasteiger partial charge in [0.15, 0.2) is 0 Å². The molecule has 1 saturated heterocycles. The molecular formula is C18H24N4O4. The Morgan fingerprint density at radius 1 is 1.27 bits per heavy atom. The van der Waals surface area contributed by atoms with Gasteiger partial charge in [0.25, 0.3) is 17.7 Å². The van der Waals surface area contributed by atoms with Crippen LogP contribution in [0.25, 0.3) is 0 Å². The number of amides is 3. The summed E-state index contributed by atoms with van der Waals surface area (Å²) in [5.74, 6) is -2.17. The lowest BCUT2D eigenvalue weighted by Crippen LogP contribution is -2.53. The predicted molar refractivity (Wildman–Crippen MR) is 93.7 cm³/mol. The smallest absolute Gasteiger partial charge is 0.291 e. The molecule has 0 aromatic carbocycles. The van der Waals surface area contributed by atoms with Crippen molar-refractivity contribution in [3.05, 3.63) is 30.1 Å². The van der Waals surface area contributed by atoms with Crippen LogP contribution in [0.3, 0.4) is 0 Å². The van der Waals surface area contributed by atoms with Gasteiger partial charge in [-0.1, -0.05) is 20.8 Å². The second-order valence-corrected chi connectivity index (χ2v) is 6.91. The molecule has 2 heterocycles. The zero-order valence-corrected chi connectivity index (χ0v) is 15.2. The van der Waals surface area contributed by atoms with Crippen LogP contribution in [0, 0.1) is 5.41 Å². The number of hydrazine groups is 1. The van der Waals surface area contributed by atoms with Crippen molar-refractivity contribution in [1.82, 2.24) is 20.7 Å². The summed E-state index contributed by atoms with van der Waals surface area (Å²) in [4.78, 5) is 54.4. The van der Waals surface area contributed by atoms with Crippen LogP contribution < -0.4 is 10.9 Å². The topological polar surface area (TPSA) is 108 Å². The Kier molecular flexibility index (Phi) is 6.07. The number of nitrogens with one attached hydrogen (secondary N) is 2. The van der Waals surface area contributed by atoms with Crippen molar-refractivity contribution in [3.63, 3.8) is 0 Å². The first kappa shape index (κ1) is 19.6. The summed E-state index contributed by atoms with van der Waals surface area (Å²) >= 11 is 0. The van der Waals surface area contributed by atoms with Crippen LogP contribution in [0.1, 0.15) is 50.4 Å². The third kappa shape index (κ3) is 4.25. The van der Waals surface area contributed by atoms with E-state index in [-0.39, 0.29) is 0 Å². The van der Waals surface area contributed by atoms with E-state index in [0.29, 0.717) is 31.4 Å². The molecule has 26 heavy (non-hydrogen) atoms. The van der Waals surface area contributed by atoms with Gasteiger partial charge in [-0.25, -0.2) is 0 Å². The zero-order valence-electron chi connectivity index (χ0n) is 15.2. The zero-order chi connectivity index (χ0) is 19.3. The van der Waals surface area contributed by atoms with Crippen LogP contribution in [-0.4, -0.2) is 46.0 Å². The molecule has 140 valence electrons. The highest BCUT2D eigenvalue weighted by Gasteiger charge is 2.41. The molecule has 0 bridgehead atoms. The molecule has 8 heteroatoms. The maximum absolute atomic E-state index is 12.5. The first-order chi connectivity index (χ1) is 12.3. The van der Waals surface area contributed by atoms with E-state index < -0.39 is 35.0 Å². The molecule has 0 saturated carbocycles. The van der Waals surface area contributed by atoms with Gasteiger partial charge in [0.1, 0.15) is 6.04 Å². The molecule has 0 spiro atoms. The van der Waals surface area contributed by atoms with Crippen LogP contribution >= 0.6 is 0 Å². The number of hydrogen-bond donors (Lipinski definition) is 2. The molecular weight excluding hydrogens is 336 g/mol. The summed E-state index contributed by atoms with van der Waals surface area (Å²) in [6.45, 7) is 5.62. The molecule has 2 rings (SSSR count). The summed E-state index contributed by atoms with van der Waals surface area (Å²) in [5.41, 5.74) is 4.16. The molecule has 1 aromatic rings. The number of Topliss-reactive ketones (excluding diaryl/α,β-unsaturated/α-hetero) is 1. The first-order valence-electron chi connectivity index (χ1n) is 8.63. The highest BCUT2D eigenvalue weighted by molar-refractivity contribution is 6.38.